The Labute approximate surface area is 277 Å². The number of likely N-dealkylation sites (N-methyl/N-ethyl adjacent to an activating group) is 1. The Morgan fingerprint density at radius 2 is 1.74 bits per heavy atom. The lowest BCUT2D eigenvalue weighted by Crippen LogP contribution is -2.48. The highest BCUT2D eigenvalue weighted by Gasteiger charge is 2.37. The van der Waals surface area contributed by atoms with Crippen LogP contribution >= 0.6 is 23.2 Å². The van der Waals surface area contributed by atoms with Gasteiger partial charge in [0.05, 0.1) is 33.0 Å². The molecule has 46 heavy (non-hydrogen) atoms. The Bertz CT molecular complexity index is 1740. The number of ketones is 1. The number of carbonyl (C=O) groups is 2. The van der Waals surface area contributed by atoms with E-state index < -0.39 is 6.03 Å². The van der Waals surface area contributed by atoms with E-state index in [1.165, 1.54) is 24.0 Å². The molecule has 2 amide bonds. The molecule has 0 aliphatic carbocycles. The van der Waals surface area contributed by atoms with Crippen LogP contribution in [0.3, 0.4) is 0 Å². The highest BCUT2D eigenvalue weighted by atomic mass is 35.5. The van der Waals surface area contributed by atoms with Gasteiger partial charge in [-0.15, -0.1) is 0 Å². The Morgan fingerprint density at radius 1 is 1.04 bits per heavy atom. The third kappa shape index (κ3) is 7.39. The van der Waals surface area contributed by atoms with E-state index in [9.17, 15) is 9.59 Å². The summed E-state index contributed by atoms with van der Waals surface area (Å²) in [5, 5.41) is 3.48. The Hall–Kier alpha value is -4.71. The highest BCUT2D eigenvalue weighted by Crippen LogP contribution is 2.48. The molecule has 0 bridgehead atoms. The van der Waals surface area contributed by atoms with Crippen LogP contribution < -0.4 is 24.6 Å². The quantitative estimate of drug-likeness (QED) is 0.174. The number of nitrogens with one attached hydrogen (secondary N) is 1. The molecule has 2 aromatic heterocycles. The molecular weight excluding hydrogens is 629 g/mol. The number of aromatic nitrogens is 3. The molecule has 0 radical (unpaired) electrons. The largest absolute Gasteiger partial charge is 0.495 e. The molecule has 0 unspecified atom stereocenters. The number of rotatable bonds is 12. The van der Waals surface area contributed by atoms with Gasteiger partial charge >= 0.3 is 6.03 Å². The van der Waals surface area contributed by atoms with E-state index >= 15 is 0 Å². The van der Waals surface area contributed by atoms with E-state index in [0.717, 1.165) is 16.8 Å². The van der Waals surface area contributed by atoms with Gasteiger partial charge in [0.25, 0.3) is 0 Å². The molecule has 3 heterocycles. The van der Waals surface area contributed by atoms with Gasteiger partial charge in [0.2, 0.25) is 5.95 Å². The van der Waals surface area contributed by atoms with E-state index in [4.69, 9.17) is 37.7 Å². The van der Waals surface area contributed by atoms with E-state index in [0.29, 0.717) is 35.4 Å². The van der Waals surface area contributed by atoms with Crippen molar-refractivity contribution in [3.8, 4) is 11.5 Å². The fraction of sp³-hybridized carbons (Fsp3) is 0.242. The van der Waals surface area contributed by atoms with Crippen LogP contribution in [0.25, 0.3) is 0 Å². The SMILES string of the molecule is COc1cc(OC)c(Cl)c(N2Cc3cnc(Nc4ccncc4)nc3N(Cc3cccc(CC(=O)/C=C/CN(C)C)c3)C2=O)c1Cl. The molecule has 0 fully saturated rings. The van der Waals surface area contributed by atoms with Crippen LogP contribution in [0.4, 0.5) is 27.9 Å². The topological polar surface area (TPSA) is 113 Å². The van der Waals surface area contributed by atoms with Crippen molar-refractivity contribution < 1.29 is 19.1 Å². The molecule has 5 rings (SSSR count). The number of pyridine rings is 1. The van der Waals surface area contributed by atoms with Gasteiger partial charge in [-0.2, -0.15) is 4.98 Å². The molecule has 0 atom stereocenters. The normalized spacial score (nSPS) is 12.9. The first-order chi connectivity index (χ1) is 22.2. The number of hydrogen-bond donors (Lipinski definition) is 1. The van der Waals surface area contributed by atoms with E-state index in [1.54, 1.807) is 42.9 Å². The Kier molecular flexibility index (Phi) is 10.4. The Morgan fingerprint density at radius 3 is 2.41 bits per heavy atom. The van der Waals surface area contributed by atoms with Gasteiger partial charge in [-0.1, -0.05) is 53.5 Å². The molecule has 0 saturated carbocycles. The van der Waals surface area contributed by atoms with E-state index in [-0.39, 0.29) is 41.0 Å². The minimum atomic E-state index is -0.423. The first kappa shape index (κ1) is 32.7. The number of benzene rings is 2. The van der Waals surface area contributed by atoms with Crippen LogP contribution in [0, 0.1) is 0 Å². The van der Waals surface area contributed by atoms with Gasteiger partial charge < -0.3 is 19.7 Å². The van der Waals surface area contributed by atoms with Crippen LogP contribution in [0.1, 0.15) is 16.7 Å². The van der Waals surface area contributed by atoms with Gasteiger partial charge in [0.15, 0.2) is 5.78 Å². The second kappa shape index (κ2) is 14.6. The maximum Gasteiger partial charge on any atom is 0.330 e. The molecule has 13 heteroatoms. The van der Waals surface area contributed by atoms with Gasteiger partial charge in [0, 0.05) is 48.9 Å². The first-order valence-corrected chi connectivity index (χ1v) is 15.1. The lowest BCUT2D eigenvalue weighted by Gasteiger charge is -2.37. The average Bonchev–Trinajstić information content (AvgIpc) is 3.04. The summed E-state index contributed by atoms with van der Waals surface area (Å²) < 4.78 is 10.9. The number of amides is 2. The van der Waals surface area contributed by atoms with Crippen molar-refractivity contribution in [1.82, 2.24) is 19.9 Å². The molecule has 11 nitrogen and oxygen atoms in total. The molecule has 0 saturated heterocycles. The van der Waals surface area contributed by atoms with Crippen LogP contribution in [0.2, 0.25) is 10.0 Å². The van der Waals surface area contributed by atoms with Crippen LogP contribution in [-0.4, -0.2) is 66.5 Å². The number of hydrogen-bond acceptors (Lipinski definition) is 9. The lowest BCUT2D eigenvalue weighted by atomic mass is 10.0. The zero-order chi connectivity index (χ0) is 32.8. The predicted octanol–water partition coefficient (Wildman–Crippen LogP) is 6.32. The molecule has 1 N–H and O–H groups in total. The van der Waals surface area contributed by atoms with Gasteiger partial charge in [-0.3, -0.25) is 19.6 Å². The average molecular weight is 663 g/mol. The number of nitrogens with zero attached hydrogens (tertiary/aromatic N) is 6. The molecule has 2 aromatic carbocycles. The maximum absolute atomic E-state index is 14.4. The third-order valence-electron chi connectivity index (χ3n) is 7.13. The number of allylic oxidation sites excluding steroid dienone is 1. The lowest BCUT2D eigenvalue weighted by molar-refractivity contribution is -0.114. The van der Waals surface area contributed by atoms with Crippen molar-refractivity contribution in [2.24, 2.45) is 0 Å². The summed E-state index contributed by atoms with van der Waals surface area (Å²) in [6.07, 6.45) is 8.63. The maximum atomic E-state index is 14.4. The summed E-state index contributed by atoms with van der Waals surface area (Å²) >= 11 is 13.5. The summed E-state index contributed by atoms with van der Waals surface area (Å²) in [6, 6.07) is 12.3. The summed E-state index contributed by atoms with van der Waals surface area (Å²) in [4.78, 5) is 45.3. The summed E-state index contributed by atoms with van der Waals surface area (Å²) in [6.45, 7) is 0.901. The molecule has 1 aliphatic rings. The zero-order valence-electron chi connectivity index (χ0n) is 25.8. The van der Waals surface area contributed by atoms with E-state index in [1.807, 2.05) is 49.3 Å². The van der Waals surface area contributed by atoms with Crippen molar-refractivity contribution in [3.05, 3.63) is 99.9 Å². The monoisotopic (exact) mass is 661 g/mol. The summed E-state index contributed by atoms with van der Waals surface area (Å²) in [7, 11) is 6.82. The minimum absolute atomic E-state index is 0.0135. The zero-order valence-corrected chi connectivity index (χ0v) is 27.3. The Balaban J connectivity index is 1.53. The van der Waals surface area contributed by atoms with Gasteiger partial charge in [0.1, 0.15) is 27.4 Å². The fourth-order valence-electron chi connectivity index (χ4n) is 4.94. The second-order valence-electron chi connectivity index (χ2n) is 10.7. The number of fused-ring (bicyclic) bond motifs is 1. The number of urea groups is 1. The number of methoxy groups -OCH3 is 2. The molecule has 0 spiro atoms. The fourth-order valence-corrected chi connectivity index (χ4v) is 5.65. The van der Waals surface area contributed by atoms with Crippen molar-refractivity contribution in [3.63, 3.8) is 0 Å². The van der Waals surface area contributed by atoms with Crippen LogP contribution in [-0.2, 0) is 24.3 Å². The van der Waals surface area contributed by atoms with Gasteiger partial charge in [-0.25, -0.2) is 9.78 Å². The number of carbonyl (C=O) groups excluding carboxylic acids is 2. The van der Waals surface area contributed by atoms with Crippen LogP contribution in [0.15, 0.2) is 73.2 Å². The standard InChI is InChI=1S/C33H33Cl2N7O4/c1-40(2)14-6-9-25(43)16-21-7-5-8-22(15-21)19-42-31-23(18-37-32(39-31)38-24-10-12-36-13-11-24)20-41(33(42)44)30-28(34)26(45-3)17-27(46-4)29(30)35/h5-13,15,17-18H,14,16,19-20H2,1-4H3,(H,36,37,38,39)/b9-6+. The first-order valence-electron chi connectivity index (χ1n) is 14.3. The van der Waals surface area contributed by atoms with Crippen LogP contribution in [0.5, 0.6) is 11.5 Å². The summed E-state index contributed by atoms with van der Waals surface area (Å²) in [5.74, 6) is 1.31. The van der Waals surface area contributed by atoms with Crippen molar-refractivity contribution in [2.75, 3.05) is 50.0 Å². The minimum Gasteiger partial charge on any atom is -0.495 e. The molecular formula is C33H33Cl2N7O4. The number of halogens is 2. The molecule has 1 aliphatic heterocycles. The summed E-state index contributed by atoms with van der Waals surface area (Å²) in [5.41, 5.74) is 3.26. The smallest absolute Gasteiger partial charge is 0.330 e. The number of ether oxygens (including phenoxy) is 2. The second-order valence-corrected chi connectivity index (χ2v) is 11.5. The van der Waals surface area contributed by atoms with Crippen molar-refractivity contribution in [1.29, 1.82) is 0 Å². The number of anilines is 4. The van der Waals surface area contributed by atoms with Gasteiger partial charge in [-0.05, 0) is 43.4 Å². The van der Waals surface area contributed by atoms with Crippen molar-refractivity contribution in [2.45, 2.75) is 19.5 Å². The van der Waals surface area contributed by atoms with Crippen molar-refractivity contribution >= 4 is 58.2 Å². The molecule has 4 aromatic rings. The highest BCUT2D eigenvalue weighted by molar-refractivity contribution is 6.42. The van der Waals surface area contributed by atoms with E-state index in [2.05, 4.69) is 15.3 Å². The molecule has 238 valence electrons. The predicted molar refractivity (Wildman–Crippen MR) is 180 cm³/mol. The third-order valence-corrected chi connectivity index (χ3v) is 7.86.